The Kier molecular flexibility index (Phi) is 11.5. The van der Waals surface area contributed by atoms with Gasteiger partial charge in [0, 0.05) is 26.7 Å². The number of hydrogen-bond donors (Lipinski definition) is 3. The van der Waals surface area contributed by atoms with E-state index < -0.39 is 10.0 Å². The molecular formula is C20H29IN4O4S. The van der Waals surface area contributed by atoms with Crippen molar-refractivity contribution in [3.63, 3.8) is 0 Å². The van der Waals surface area contributed by atoms with Crippen molar-refractivity contribution in [2.45, 2.75) is 13.1 Å². The van der Waals surface area contributed by atoms with Gasteiger partial charge in [-0.2, -0.15) is 0 Å². The smallest absolute Gasteiger partial charge is 0.213 e. The van der Waals surface area contributed by atoms with Crippen molar-refractivity contribution in [2.75, 3.05) is 33.6 Å². The number of guanidine groups is 1. The van der Waals surface area contributed by atoms with Gasteiger partial charge in [-0.1, -0.05) is 36.4 Å². The Balaban J connectivity index is 0.00000450. The summed E-state index contributed by atoms with van der Waals surface area (Å²) in [6, 6.07) is 15.0. The second-order valence-corrected chi connectivity index (χ2v) is 8.09. The third kappa shape index (κ3) is 8.76. The molecule has 2 aromatic carbocycles. The van der Waals surface area contributed by atoms with Gasteiger partial charge in [0.2, 0.25) is 10.0 Å². The van der Waals surface area contributed by atoms with Gasteiger partial charge < -0.3 is 20.1 Å². The van der Waals surface area contributed by atoms with Crippen LogP contribution in [0.25, 0.3) is 0 Å². The van der Waals surface area contributed by atoms with Crippen molar-refractivity contribution in [1.29, 1.82) is 0 Å². The average molecular weight is 548 g/mol. The summed E-state index contributed by atoms with van der Waals surface area (Å²) in [6.07, 6.45) is 0. The van der Waals surface area contributed by atoms with Gasteiger partial charge in [-0.05, 0) is 23.3 Å². The zero-order valence-corrected chi connectivity index (χ0v) is 20.5. The van der Waals surface area contributed by atoms with E-state index in [1.54, 1.807) is 21.3 Å². The summed E-state index contributed by atoms with van der Waals surface area (Å²) in [5.74, 6) is 1.76. The SMILES string of the molecule is CN=C(NCCS(=O)(=O)NCc1ccccc1)NCc1ccc(OC)c(OC)c1.I. The van der Waals surface area contributed by atoms with Gasteiger partial charge in [-0.15, -0.1) is 24.0 Å². The molecule has 0 fully saturated rings. The molecule has 2 aromatic rings. The molecule has 0 saturated heterocycles. The fourth-order valence-electron chi connectivity index (χ4n) is 2.56. The first-order chi connectivity index (χ1) is 14.0. The van der Waals surface area contributed by atoms with E-state index in [1.807, 2.05) is 48.5 Å². The maximum atomic E-state index is 12.1. The van der Waals surface area contributed by atoms with Gasteiger partial charge in [0.25, 0.3) is 0 Å². The monoisotopic (exact) mass is 548 g/mol. The standard InChI is InChI=1S/C20H28N4O4S.HI/c1-21-20(23-14-17-9-10-18(27-2)19(13-17)28-3)22-11-12-29(25,26)24-15-16-7-5-4-6-8-16;/h4-10,13,24H,11-12,14-15H2,1-3H3,(H2,21,22,23);1H. The number of sulfonamides is 1. The minimum Gasteiger partial charge on any atom is -0.493 e. The maximum absolute atomic E-state index is 12.1. The van der Waals surface area contributed by atoms with Crippen LogP contribution in [-0.2, 0) is 23.1 Å². The Morgan fingerprint density at radius 3 is 2.27 bits per heavy atom. The summed E-state index contributed by atoms with van der Waals surface area (Å²) in [5, 5.41) is 6.15. The van der Waals surface area contributed by atoms with Crippen molar-refractivity contribution in [2.24, 2.45) is 4.99 Å². The molecule has 3 N–H and O–H groups in total. The van der Waals surface area contributed by atoms with Crippen molar-refractivity contribution in [3.05, 3.63) is 59.7 Å². The van der Waals surface area contributed by atoms with Crippen LogP contribution in [0.3, 0.4) is 0 Å². The number of rotatable bonds is 10. The number of nitrogens with one attached hydrogen (secondary N) is 3. The molecule has 0 bridgehead atoms. The second-order valence-electron chi connectivity index (χ2n) is 6.17. The third-order valence-corrected chi connectivity index (χ3v) is 5.46. The molecule has 30 heavy (non-hydrogen) atoms. The van der Waals surface area contributed by atoms with Crippen molar-refractivity contribution in [1.82, 2.24) is 15.4 Å². The first kappa shape index (κ1) is 26.0. The number of hydrogen-bond acceptors (Lipinski definition) is 5. The third-order valence-electron chi connectivity index (χ3n) is 4.13. The lowest BCUT2D eigenvalue weighted by Crippen LogP contribution is -2.40. The summed E-state index contributed by atoms with van der Waals surface area (Å²) < 4.78 is 37.4. The van der Waals surface area contributed by atoms with Crippen LogP contribution in [0, 0.1) is 0 Å². The predicted molar refractivity (Wildman–Crippen MR) is 130 cm³/mol. The summed E-state index contributed by atoms with van der Waals surface area (Å²) >= 11 is 0. The first-order valence-corrected chi connectivity index (χ1v) is 10.8. The normalized spacial score (nSPS) is 11.4. The number of aliphatic imine (C=N–C) groups is 1. The summed E-state index contributed by atoms with van der Waals surface area (Å²) in [5.41, 5.74) is 1.89. The fraction of sp³-hybridized carbons (Fsp3) is 0.350. The minimum atomic E-state index is -3.39. The van der Waals surface area contributed by atoms with E-state index in [-0.39, 0.29) is 42.8 Å². The van der Waals surface area contributed by atoms with E-state index in [0.717, 1.165) is 11.1 Å². The molecule has 0 aliphatic rings. The van der Waals surface area contributed by atoms with Crippen LogP contribution in [0.1, 0.15) is 11.1 Å². The summed E-state index contributed by atoms with van der Waals surface area (Å²) in [4.78, 5) is 4.12. The zero-order valence-electron chi connectivity index (χ0n) is 17.3. The van der Waals surface area contributed by atoms with E-state index in [1.165, 1.54) is 0 Å². The number of benzene rings is 2. The largest absolute Gasteiger partial charge is 0.493 e. The average Bonchev–Trinajstić information content (AvgIpc) is 2.75. The van der Waals surface area contributed by atoms with Crippen LogP contribution in [0.15, 0.2) is 53.5 Å². The number of nitrogens with zero attached hydrogens (tertiary/aromatic N) is 1. The lowest BCUT2D eigenvalue weighted by molar-refractivity contribution is 0.354. The predicted octanol–water partition coefficient (Wildman–Crippen LogP) is 2.11. The Labute approximate surface area is 195 Å². The quantitative estimate of drug-likeness (QED) is 0.239. The molecule has 0 atom stereocenters. The van der Waals surface area contributed by atoms with E-state index in [2.05, 4.69) is 20.3 Å². The lowest BCUT2D eigenvalue weighted by Gasteiger charge is -2.14. The lowest BCUT2D eigenvalue weighted by atomic mass is 10.2. The second kappa shape index (κ2) is 13.3. The van der Waals surface area contributed by atoms with Crippen LogP contribution in [0.4, 0.5) is 0 Å². The van der Waals surface area contributed by atoms with Gasteiger partial charge in [-0.3, -0.25) is 4.99 Å². The fourth-order valence-corrected chi connectivity index (χ4v) is 3.46. The molecule has 0 heterocycles. The van der Waals surface area contributed by atoms with Crippen LogP contribution in [-0.4, -0.2) is 47.9 Å². The van der Waals surface area contributed by atoms with Gasteiger partial charge in [0.1, 0.15) is 0 Å². The molecule has 2 rings (SSSR count). The molecule has 8 nitrogen and oxygen atoms in total. The Morgan fingerprint density at radius 2 is 1.63 bits per heavy atom. The molecule has 0 aliphatic heterocycles. The highest BCUT2D eigenvalue weighted by molar-refractivity contribution is 14.0. The van der Waals surface area contributed by atoms with Crippen LogP contribution in [0.5, 0.6) is 11.5 Å². The Morgan fingerprint density at radius 1 is 0.933 bits per heavy atom. The highest BCUT2D eigenvalue weighted by Gasteiger charge is 2.10. The highest BCUT2D eigenvalue weighted by Crippen LogP contribution is 2.27. The number of ether oxygens (including phenoxy) is 2. The molecule has 0 unspecified atom stereocenters. The van der Waals surface area contributed by atoms with Gasteiger partial charge in [0.15, 0.2) is 17.5 Å². The first-order valence-electron chi connectivity index (χ1n) is 9.14. The number of halogens is 1. The van der Waals surface area contributed by atoms with E-state index in [0.29, 0.717) is 24.0 Å². The molecule has 0 aliphatic carbocycles. The molecule has 0 aromatic heterocycles. The molecular weight excluding hydrogens is 519 g/mol. The van der Waals surface area contributed by atoms with Gasteiger partial charge >= 0.3 is 0 Å². The maximum Gasteiger partial charge on any atom is 0.213 e. The minimum absolute atomic E-state index is 0. The summed E-state index contributed by atoms with van der Waals surface area (Å²) in [6.45, 7) is 1.00. The molecule has 10 heteroatoms. The molecule has 0 spiro atoms. The van der Waals surface area contributed by atoms with Crippen molar-refractivity contribution in [3.8, 4) is 11.5 Å². The molecule has 0 amide bonds. The van der Waals surface area contributed by atoms with E-state index in [4.69, 9.17) is 9.47 Å². The number of methoxy groups -OCH3 is 2. The van der Waals surface area contributed by atoms with Gasteiger partial charge in [-0.25, -0.2) is 13.1 Å². The van der Waals surface area contributed by atoms with Crippen molar-refractivity contribution < 1.29 is 17.9 Å². The van der Waals surface area contributed by atoms with Crippen LogP contribution < -0.4 is 24.8 Å². The van der Waals surface area contributed by atoms with E-state index >= 15 is 0 Å². The van der Waals surface area contributed by atoms with Gasteiger partial charge in [0.05, 0.1) is 20.0 Å². The van der Waals surface area contributed by atoms with Crippen LogP contribution in [0.2, 0.25) is 0 Å². The van der Waals surface area contributed by atoms with E-state index in [9.17, 15) is 8.42 Å². The molecule has 166 valence electrons. The topological polar surface area (TPSA) is 101 Å². The highest BCUT2D eigenvalue weighted by atomic mass is 127. The summed E-state index contributed by atoms with van der Waals surface area (Å²) in [7, 11) is 1.41. The zero-order chi connectivity index (χ0) is 21.1. The van der Waals surface area contributed by atoms with Crippen molar-refractivity contribution >= 4 is 40.0 Å². The Hall–Kier alpha value is -2.05. The molecule has 0 saturated carbocycles. The molecule has 0 radical (unpaired) electrons. The Bertz CT molecular complexity index is 908. The van der Waals surface area contributed by atoms with Crippen LogP contribution >= 0.6 is 24.0 Å².